The quantitative estimate of drug-likeness (QED) is 0.793. The van der Waals surface area contributed by atoms with Crippen LogP contribution in [0.4, 0.5) is 5.82 Å². The van der Waals surface area contributed by atoms with E-state index >= 15 is 0 Å². The molecule has 0 saturated heterocycles. The Kier molecular flexibility index (Phi) is 4.17. The molecule has 2 rings (SSSR count). The Morgan fingerprint density at radius 2 is 2.17 bits per heavy atom. The fourth-order valence-corrected chi connectivity index (χ4v) is 1.68. The van der Waals surface area contributed by atoms with E-state index in [1.54, 1.807) is 0 Å². The summed E-state index contributed by atoms with van der Waals surface area (Å²) in [4.78, 5) is 0. The fourth-order valence-electron chi connectivity index (χ4n) is 1.68. The number of nitrogens with zero attached hydrogens (tertiary/aromatic N) is 2. The van der Waals surface area contributed by atoms with Crippen molar-refractivity contribution in [3.05, 3.63) is 35.5 Å². The smallest absolute Gasteiger partial charge is 0.191 e. The number of unbranched alkanes of at least 4 members (excludes halogenated alkanes) is 1. The zero-order valence-corrected chi connectivity index (χ0v) is 10.4. The molecular weight excluding hydrogens is 230 g/mol. The van der Waals surface area contributed by atoms with Crippen molar-refractivity contribution in [3.8, 4) is 5.75 Å². The number of hydrogen-bond acceptors (Lipinski definition) is 5. The van der Waals surface area contributed by atoms with E-state index in [2.05, 4.69) is 14.9 Å². The molecule has 2 aromatic rings. The third-order valence-electron chi connectivity index (χ3n) is 2.65. The second-order valence-electron chi connectivity index (χ2n) is 4.22. The van der Waals surface area contributed by atoms with Crippen LogP contribution in [0.25, 0.3) is 0 Å². The second-order valence-corrected chi connectivity index (χ2v) is 4.22. The summed E-state index contributed by atoms with van der Waals surface area (Å²) in [5.74, 6) is 1.30. The highest BCUT2D eigenvalue weighted by atomic mass is 16.6. The van der Waals surface area contributed by atoms with Crippen molar-refractivity contribution in [1.82, 2.24) is 10.3 Å². The molecule has 1 heterocycles. The molecule has 0 aliphatic rings. The first-order chi connectivity index (χ1) is 8.75. The number of rotatable bonds is 6. The third-order valence-corrected chi connectivity index (χ3v) is 2.65. The van der Waals surface area contributed by atoms with Crippen LogP contribution in [0.1, 0.15) is 24.1 Å². The molecule has 0 aliphatic carbocycles. The lowest BCUT2D eigenvalue weighted by Crippen LogP contribution is -1.99. The van der Waals surface area contributed by atoms with Gasteiger partial charge < -0.3 is 10.5 Å². The van der Waals surface area contributed by atoms with Crippen LogP contribution >= 0.6 is 0 Å². The fraction of sp³-hybridized carbons (Fsp3) is 0.385. The molecule has 2 N–H and O–H groups in total. The Labute approximate surface area is 106 Å². The molecule has 1 aromatic heterocycles. The summed E-state index contributed by atoms with van der Waals surface area (Å²) in [7, 11) is 0. The van der Waals surface area contributed by atoms with E-state index in [9.17, 15) is 0 Å². The first kappa shape index (κ1) is 12.4. The number of hydrogen-bond donors (Lipinski definition) is 1. The molecule has 5 nitrogen and oxygen atoms in total. The molecule has 1 aromatic carbocycles. The van der Waals surface area contributed by atoms with Gasteiger partial charge in [0.25, 0.3) is 0 Å². The Morgan fingerprint density at radius 1 is 1.28 bits per heavy atom. The lowest BCUT2D eigenvalue weighted by Gasteiger charge is -2.06. The predicted molar refractivity (Wildman–Crippen MR) is 68.3 cm³/mol. The van der Waals surface area contributed by atoms with Gasteiger partial charge >= 0.3 is 0 Å². The van der Waals surface area contributed by atoms with Gasteiger partial charge in [0, 0.05) is 0 Å². The number of ether oxygens (including phenoxy) is 1. The first-order valence-electron chi connectivity index (χ1n) is 6.02. The van der Waals surface area contributed by atoms with Crippen molar-refractivity contribution < 1.29 is 9.37 Å². The molecule has 0 atom stereocenters. The zero-order chi connectivity index (χ0) is 12.8. The SMILES string of the molecule is Cc1cccc(OCCCCc2nonc2N)c1. The van der Waals surface area contributed by atoms with E-state index < -0.39 is 0 Å². The van der Waals surface area contributed by atoms with E-state index in [0.29, 0.717) is 12.4 Å². The minimum Gasteiger partial charge on any atom is -0.494 e. The Hall–Kier alpha value is -2.04. The molecule has 0 radical (unpaired) electrons. The van der Waals surface area contributed by atoms with E-state index in [-0.39, 0.29) is 0 Å². The van der Waals surface area contributed by atoms with E-state index in [0.717, 1.165) is 30.7 Å². The molecular formula is C13H17N3O2. The van der Waals surface area contributed by atoms with Crippen molar-refractivity contribution >= 4 is 5.82 Å². The second kappa shape index (κ2) is 6.05. The molecule has 0 bridgehead atoms. The Balaban J connectivity index is 1.66. The van der Waals surface area contributed by atoms with Crippen molar-refractivity contribution in [1.29, 1.82) is 0 Å². The van der Waals surface area contributed by atoms with E-state index in [4.69, 9.17) is 10.5 Å². The van der Waals surface area contributed by atoms with Gasteiger partial charge in [0.1, 0.15) is 11.4 Å². The van der Waals surface area contributed by atoms with Crippen LogP contribution in [0.2, 0.25) is 0 Å². The molecule has 0 aliphatic heterocycles. The van der Waals surface area contributed by atoms with Gasteiger partial charge in [-0.1, -0.05) is 17.3 Å². The highest BCUT2D eigenvalue weighted by Crippen LogP contribution is 2.13. The van der Waals surface area contributed by atoms with Crippen molar-refractivity contribution in [3.63, 3.8) is 0 Å². The lowest BCUT2D eigenvalue weighted by molar-refractivity contribution is 0.298. The van der Waals surface area contributed by atoms with Crippen molar-refractivity contribution in [2.75, 3.05) is 12.3 Å². The van der Waals surface area contributed by atoms with Gasteiger partial charge in [-0.25, -0.2) is 4.63 Å². The average Bonchev–Trinajstić information content (AvgIpc) is 2.75. The highest BCUT2D eigenvalue weighted by molar-refractivity contribution is 5.30. The van der Waals surface area contributed by atoms with Crippen molar-refractivity contribution in [2.45, 2.75) is 26.2 Å². The number of nitrogens with two attached hydrogens (primary N) is 1. The minimum absolute atomic E-state index is 0.384. The summed E-state index contributed by atoms with van der Waals surface area (Å²) in [6.07, 6.45) is 2.66. The predicted octanol–water partition coefficient (Wildman–Crippen LogP) is 2.36. The normalized spacial score (nSPS) is 10.5. The molecule has 18 heavy (non-hydrogen) atoms. The topological polar surface area (TPSA) is 74.2 Å². The van der Waals surface area contributed by atoms with Gasteiger partial charge in [-0.05, 0) is 49.0 Å². The van der Waals surface area contributed by atoms with Crippen LogP contribution in [0, 0.1) is 6.92 Å². The zero-order valence-electron chi connectivity index (χ0n) is 10.4. The molecule has 0 spiro atoms. The van der Waals surface area contributed by atoms with Crippen LogP contribution in [-0.2, 0) is 6.42 Å². The number of benzene rings is 1. The first-order valence-corrected chi connectivity index (χ1v) is 6.02. The van der Waals surface area contributed by atoms with Gasteiger partial charge in [-0.3, -0.25) is 0 Å². The summed E-state index contributed by atoms with van der Waals surface area (Å²) in [6.45, 7) is 2.74. The van der Waals surface area contributed by atoms with Gasteiger partial charge in [0.05, 0.1) is 6.61 Å². The summed E-state index contributed by atoms with van der Waals surface area (Å²) in [5, 5.41) is 7.26. The Bertz CT molecular complexity index is 496. The monoisotopic (exact) mass is 247 g/mol. The molecule has 0 saturated carbocycles. The van der Waals surface area contributed by atoms with Crippen LogP contribution in [-0.4, -0.2) is 16.9 Å². The summed E-state index contributed by atoms with van der Waals surface area (Å²) in [5.41, 5.74) is 7.49. The summed E-state index contributed by atoms with van der Waals surface area (Å²) < 4.78 is 10.2. The molecule has 0 unspecified atom stereocenters. The molecule has 0 fully saturated rings. The largest absolute Gasteiger partial charge is 0.494 e. The average molecular weight is 247 g/mol. The molecule has 0 amide bonds. The van der Waals surface area contributed by atoms with E-state index in [1.807, 2.05) is 31.2 Å². The van der Waals surface area contributed by atoms with Crippen molar-refractivity contribution in [2.24, 2.45) is 0 Å². The molecule has 96 valence electrons. The summed E-state index contributed by atoms with van der Waals surface area (Å²) >= 11 is 0. The standard InChI is InChI=1S/C13H17N3O2/c1-10-5-4-6-11(9-10)17-8-3-2-7-12-13(14)16-18-15-12/h4-6,9H,2-3,7-8H2,1H3,(H2,14,16). The third kappa shape index (κ3) is 3.48. The Morgan fingerprint density at radius 3 is 2.89 bits per heavy atom. The van der Waals surface area contributed by atoms with Gasteiger partial charge in [0.15, 0.2) is 5.82 Å². The summed E-state index contributed by atoms with van der Waals surface area (Å²) in [6, 6.07) is 8.03. The van der Waals surface area contributed by atoms with Crippen LogP contribution in [0.5, 0.6) is 5.75 Å². The van der Waals surface area contributed by atoms with E-state index in [1.165, 1.54) is 5.56 Å². The number of aryl methyl sites for hydroxylation is 2. The number of anilines is 1. The maximum absolute atomic E-state index is 5.65. The highest BCUT2D eigenvalue weighted by Gasteiger charge is 2.04. The molecule has 5 heteroatoms. The van der Waals surface area contributed by atoms with Gasteiger partial charge in [-0.15, -0.1) is 0 Å². The minimum atomic E-state index is 0.384. The van der Waals surface area contributed by atoms with Gasteiger partial charge in [0.2, 0.25) is 0 Å². The maximum atomic E-state index is 5.65. The lowest BCUT2D eigenvalue weighted by atomic mass is 10.2. The maximum Gasteiger partial charge on any atom is 0.191 e. The number of aromatic nitrogens is 2. The van der Waals surface area contributed by atoms with Crippen LogP contribution < -0.4 is 10.5 Å². The van der Waals surface area contributed by atoms with Crippen LogP contribution in [0.15, 0.2) is 28.9 Å². The van der Waals surface area contributed by atoms with Gasteiger partial charge in [-0.2, -0.15) is 0 Å². The van der Waals surface area contributed by atoms with Crippen LogP contribution in [0.3, 0.4) is 0 Å². The number of nitrogen functional groups attached to an aromatic ring is 1.